The zero-order chi connectivity index (χ0) is 12.0. The highest BCUT2D eigenvalue weighted by Gasteiger charge is 2.05. The first-order chi connectivity index (χ1) is 7.69. The van der Waals surface area contributed by atoms with E-state index in [1.54, 1.807) is 7.11 Å². The standard InChI is InChI=1S/C12H18ClNOS/c1-4-16-6-5-14-11-7-9(2)10(13)8-12(11)15-3/h7-8,14H,4-6H2,1-3H3. The second-order valence-electron chi connectivity index (χ2n) is 3.43. The number of benzene rings is 1. The predicted molar refractivity (Wildman–Crippen MR) is 74.2 cm³/mol. The first-order valence-electron chi connectivity index (χ1n) is 5.34. The van der Waals surface area contributed by atoms with E-state index in [1.807, 2.05) is 30.8 Å². The van der Waals surface area contributed by atoms with Crippen LogP contribution in [-0.2, 0) is 0 Å². The monoisotopic (exact) mass is 259 g/mol. The van der Waals surface area contributed by atoms with Crippen LogP contribution in [0, 0.1) is 6.92 Å². The summed E-state index contributed by atoms with van der Waals surface area (Å²) in [5, 5.41) is 4.10. The molecule has 16 heavy (non-hydrogen) atoms. The Morgan fingerprint density at radius 1 is 1.44 bits per heavy atom. The third kappa shape index (κ3) is 3.80. The molecule has 0 aliphatic rings. The number of hydrogen-bond acceptors (Lipinski definition) is 3. The summed E-state index contributed by atoms with van der Waals surface area (Å²) in [7, 11) is 1.66. The van der Waals surface area contributed by atoms with Crippen LogP contribution in [0.4, 0.5) is 5.69 Å². The first kappa shape index (κ1) is 13.5. The fourth-order valence-corrected chi connectivity index (χ4v) is 2.06. The maximum Gasteiger partial charge on any atom is 0.143 e. The van der Waals surface area contributed by atoms with Gasteiger partial charge in [-0.05, 0) is 24.3 Å². The largest absolute Gasteiger partial charge is 0.495 e. The second kappa shape index (κ2) is 6.92. The highest BCUT2D eigenvalue weighted by atomic mass is 35.5. The minimum Gasteiger partial charge on any atom is -0.495 e. The molecule has 0 fully saturated rings. The van der Waals surface area contributed by atoms with Crippen LogP contribution >= 0.6 is 23.4 Å². The van der Waals surface area contributed by atoms with Crippen molar-refractivity contribution in [2.75, 3.05) is 30.5 Å². The third-order valence-electron chi connectivity index (χ3n) is 2.25. The fourth-order valence-electron chi connectivity index (χ4n) is 1.37. The molecular weight excluding hydrogens is 242 g/mol. The van der Waals surface area contributed by atoms with Crippen LogP contribution in [0.5, 0.6) is 5.75 Å². The van der Waals surface area contributed by atoms with Crippen molar-refractivity contribution in [3.05, 3.63) is 22.7 Å². The van der Waals surface area contributed by atoms with E-state index >= 15 is 0 Å². The lowest BCUT2D eigenvalue weighted by Gasteiger charge is -2.12. The van der Waals surface area contributed by atoms with Crippen molar-refractivity contribution in [1.82, 2.24) is 0 Å². The summed E-state index contributed by atoms with van der Waals surface area (Å²) in [4.78, 5) is 0. The molecule has 0 aromatic heterocycles. The van der Waals surface area contributed by atoms with E-state index in [-0.39, 0.29) is 0 Å². The van der Waals surface area contributed by atoms with Crippen LogP contribution in [0.3, 0.4) is 0 Å². The van der Waals surface area contributed by atoms with Gasteiger partial charge in [-0.25, -0.2) is 0 Å². The number of halogens is 1. The first-order valence-corrected chi connectivity index (χ1v) is 6.88. The molecule has 4 heteroatoms. The molecule has 0 atom stereocenters. The molecule has 1 aromatic rings. The molecule has 0 spiro atoms. The van der Waals surface area contributed by atoms with Gasteiger partial charge in [0.1, 0.15) is 5.75 Å². The molecule has 0 heterocycles. The lowest BCUT2D eigenvalue weighted by molar-refractivity contribution is 0.416. The van der Waals surface area contributed by atoms with E-state index in [0.29, 0.717) is 0 Å². The molecule has 1 N–H and O–H groups in total. The van der Waals surface area contributed by atoms with Crippen molar-refractivity contribution in [1.29, 1.82) is 0 Å². The predicted octanol–water partition coefficient (Wildman–Crippen LogP) is 3.82. The van der Waals surface area contributed by atoms with Gasteiger partial charge < -0.3 is 10.1 Å². The summed E-state index contributed by atoms with van der Waals surface area (Å²) in [5.41, 5.74) is 2.08. The summed E-state index contributed by atoms with van der Waals surface area (Å²) in [6.07, 6.45) is 0. The number of ether oxygens (including phenoxy) is 1. The highest BCUT2D eigenvalue weighted by molar-refractivity contribution is 7.99. The minimum absolute atomic E-state index is 0.741. The Morgan fingerprint density at radius 3 is 2.81 bits per heavy atom. The molecular formula is C12H18ClNOS. The number of methoxy groups -OCH3 is 1. The van der Waals surface area contributed by atoms with E-state index in [1.165, 1.54) is 0 Å². The number of aryl methyl sites for hydroxylation is 1. The van der Waals surface area contributed by atoms with Gasteiger partial charge in [0.05, 0.1) is 12.8 Å². The number of rotatable bonds is 6. The lowest BCUT2D eigenvalue weighted by atomic mass is 10.2. The van der Waals surface area contributed by atoms with Gasteiger partial charge in [0.25, 0.3) is 0 Å². The molecule has 0 saturated carbocycles. The summed E-state index contributed by atoms with van der Waals surface area (Å²) in [5.74, 6) is 3.05. The minimum atomic E-state index is 0.741. The molecule has 1 aromatic carbocycles. The van der Waals surface area contributed by atoms with Crippen LogP contribution in [0.15, 0.2) is 12.1 Å². The molecule has 0 aliphatic carbocycles. The normalized spacial score (nSPS) is 10.2. The molecule has 1 rings (SSSR count). The maximum atomic E-state index is 6.04. The average Bonchev–Trinajstić information content (AvgIpc) is 2.28. The van der Waals surface area contributed by atoms with Gasteiger partial charge in [-0.15, -0.1) is 0 Å². The van der Waals surface area contributed by atoms with Crippen LogP contribution in [0.1, 0.15) is 12.5 Å². The Morgan fingerprint density at radius 2 is 2.19 bits per heavy atom. The van der Waals surface area contributed by atoms with Gasteiger partial charge >= 0.3 is 0 Å². The Hall–Kier alpha value is -0.540. The molecule has 0 radical (unpaired) electrons. The zero-order valence-electron chi connectivity index (χ0n) is 9.97. The van der Waals surface area contributed by atoms with Gasteiger partial charge in [-0.3, -0.25) is 0 Å². The van der Waals surface area contributed by atoms with Gasteiger partial charge in [0.15, 0.2) is 0 Å². The van der Waals surface area contributed by atoms with Gasteiger partial charge in [0, 0.05) is 23.4 Å². The molecule has 0 unspecified atom stereocenters. The summed E-state index contributed by atoms with van der Waals surface area (Å²) in [6.45, 7) is 5.10. The molecule has 0 aliphatic heterocycles. The van der Waals surface area contributed by atoms with Crippen LogP contribution < -0.4 is 10.1 Å². The van der Waals surface area contributed by atoms with Crippen LogP contribution in [-0.4, -0.2) is 25.2 Å². The Bertz CT molecular complexity index is 344. The third-order valence-corrected chi connectivity index (χ3v) is 3.55. The van der Waals surface area contributed by atoms with E-state index in [9.17, 15) is 0 Å². The number of hydrogen-bond donors (Lipinski definition) is 1. The van der Waals surface area contributed by atoms with E-state index in [0.717, 1.165) is 40.1 Å². The maximum absolute atomic E-state index is 6.04. The smallest absolute Gasteiger partial charge is 0.143 e. The van der Waals surface area contributed by atoms with Crippen molar-refractivity contribution in [2.24, 2.45) is 0 Å². The second-order valence-corrected chi connectivity index (χ2v) is 5.23. The molecule has 90 valence electrons. The fraction of sp³-hybridized carbons (Fsp3) is 0.500. The molecule has 2 nitrogen and oxygen atoms in total. The van der Waals surface area contributed by atoms with Crippen molar-refractivity contribution in [3.63, 3.8) is 0 Å². The van der Waals surface area contributed by atoms with Gasteiger partial charge in [-0.2, -0.15) is 11.8 Å². The van der Waals surface area contributed by atoms with Crippen molar-refractivity contribution >= 4 is 29.1 Å². The van der Waals surface area contributed by atoms with E-state index in [2.05, 4.69) is 12.2 Å². The molecule has 0 amide bonds. The summed E-state index contributed by atoms with van der Waals surface area (Å²) in [6, 6.07) is 3.88. The van der Waals surface area contributed by atoms with Gasteiger partial charge in [0.2, 0.25) is 0 Å². The SMILES string of the molecule is CCSCCNc1cc(C)c(Cl)cc1OC. The van der Waals surface area contributed by atoms with Crippen molar-refractivity contribution in [3.8, 4) is 5.75 Å². The Kier molecular flexibility index (Phi) is 5.85. The van der Waals surface area contributed by atoms with Crippen molar-refractivity contribution < 1.29 is 4.74 Å². The van der Waals surface area contributed by atoms with E-state index < -0.39 is 0 Å². The van der Waals surface area contributed by atoms with Crippen LogP contribution in [0.25, 0.3) is 0 Å². The summed E-state index contributed by atoms with van der Waals surface area (Å²) >= 11 is 7.96. The van der Waals surface area contributed by atoms with Crippen molar-refractivity contribution in [2.45, 2.75) is 13.8 Å². The van der Waals surface area contributed by atoms with E-state index in [4.69, 9.17) is 16.3 Å². The van der Waals surface area contributed by atoms with Crippen LogP contribution in [0.2, 0.25) is 5.02 Å². The lowest BCUT2D eigenvalue weighted by Crippen LogP contribution is -2.06. The van der Waals surface area contributed by atoms with Gasteiger partial charge in [-0.1, -0.05) is 18.5 Å². The topological polar surface area (TPSA) is 21.3 Å². The molecule has 0 saturated heterocycles. The Balaban J connectivity index is 2.66. The Labute approximate surface area is 107 Å². The molecule has 0 bridgehead atoms. The highest BCUT2D eigenvalue weighted by Crippen LogP contribution is 2.30. The number of nitrogens with one attached hydrogen (secondary N) is 1. The number of thioether (sulfide) groups is 1. The number of anilines is 1. The summed E-state index contributed by atoms with van der Waals surface area (Å²) < 4.78 is 5.28. The zero-order valence-corrected chi connectivity index (χ0v) is 11.5. The average molecular weight is 260 g/mol. The quantitative estimate of drug-likeness (QED) is 0.785.